The average molecular weight is 242 g/mol. The molecule has 0 saturated heterocycles. The van der Waals surface area contributed by atoms with Crippen LogP contribution in [0, 0.1) is 17.8 Å². The van der Waals surface area contributed by atoms with Gasteiger partial charge in [0.05, 0.1) is 0 Å². The predicted molar refractivity (Wildman–Crippen MR) is 70.3 cm³/mol. The van der Waals surface area contributed by atoms with E-state index in [1.54, 1.807) is 0 Å². The highest BCUT2D eigenvalue weighted by Crippen LogP contribution is 2.55. The van der Waals surface area contributed by atoms with Gasteiger partial charge in [0.25, 0.3) is 0 Å². The number of hydrogen-bond acceptors (Lipinski definition) is 1. The first kappa shape index (κ1) is 11.5. The first-order chi connectivity index (χ1) is 8.74. The van der Waals surface area contributed by atoms with Crippen LogP contribution in [0.3, 0.4) is 0 Å². The van der Waals surface area contributed by atoms with E-state index < -0.39 is 5.97 Å². The molecule has 0 aromatic heterocycles. The fourth-order valence-electron chi connectivity index (χ4n) is 3.87. The summed E-state index contributed by atoms with van der Waals surface area (Å²) in [5.74, 6) is 1.81. The Balaban J connectivity index is 1.69. The molecule has 3 rings (SSSR count). The minimum atomic E-state index is -0.822. The van der Waals surface area contributed by atoms with Crippen LogP contribution in [0.4, 0.5) is 0 Å². The molecule has 2 heteroatoms. The first-order valence-corrected chi connectivity index (χ1v) is 6.70. The molecule has 0 radical (unpaired) electrons. The lowest BCUT2D eigenvalue weighted by atomic mass is 9.78. The molecule has 2 saturated carbocycles. The van der Waals surface area contributed by atoms with Gasteiger partial charge < -0.3 is 5.11 Å². The molecule has 2 nitrogen and oxygen atoms in total. The molecule has 1 N–H and O–H groups in total. The van der Waals surface area contributed by atoms with E-state index in [0.717, 1.165) is 12.3 Å². The van der Waals surface area contributed by atoms with E-state index in [0.29, 0.717) is 17.8 Å². The summed E-state index contributed by atoms with van der Waals surface area (Å²) in [7, 11) is 0. The maximum absolute atomic E-state index is 10.6. The molecule has 2 aliphatic carbocycles. The van der Waals surface area contributed by atoms with Gasteiger partial charge in [0.15, 0.2) is 0 Å². The van der Waals surface area contributed by atoms with Crippen LogP contribution < -0.4 is 0 Å². The average Bonchev–Trinajstić information content (AvgIpc) is 2.97. The van der Waals surface area contributed by atoms with Gasteiger partial charge in [-0.15, -0.1) is 0 Å². The number of carbonyl (C=O) groups is 1. The molecule has 94 valence electrons. The van der Waals surface area contributed by atoms with Crippen molar-refractivity contribution in [2.24, 2.45) is 17.8 Å². The lowest BCUT2D eigenvalue weighted by Crippen LogP contribution is -2.15. The minimum Gasteiger partial charge on any atom is -0.478 e. The Morgan fingerprint density at radius 1 is 1.11 bits per heavy atom. The van der Waals surface area contributed by atoms with Crippen molar-refractivity contribution in [2.45, 2.75) is 25.2 Å². The van der Waals surface area contributed by atoms with E-state index in [-0.39, 0.29) is 0 Å². The van der Waals surface area contributed by atoms with Crippen LogP contribution in [0.25, 0.3) is 0 Å². The van der Waals surface area contributed by atoms with E-state index in [2.05, 4.69) is 30.3 Å². The fraction of sp³-hybridized carbons (Fsp3) is 0.438. The highest BCUT2D eigenvalue weighted by atomic mass is 16.4. The molecule has 0 amide bonds. The molecular formula is C16H18O2. The molecule has 0 spiro atoms. The SMILES string of the molecule is O=C(O)/C=C/C1CC2CC1CC2c1ccccc1. The highest BCUT2D eigenvalue weighted by Gasteiger charge is 2.45. The van der Waals surface area contributed by atoms with Crippen molar-refractivity contribution < 1.29 is 9.90 Å². The number of rotatable bonds is 3. The van der Waals surface area contributed by atoms with Crippen molar-refractivity contribution in [3.05, 3.63) is 48.0 Å². The summed E-state index contributed by atoms with van der Waals surface area (Å²) < 4.78 is 0. The molecule has 1 aromatic carbocycles. The molecule has 2 aliphatic rings. The molecule has 2 bridgehead atoms. The number of carboxylic acids is 1. The molecule has 0 heterocycles. The van der Waals surface area contributed by atoms with Gasteiger partial charge in [-0.3, -0.25) is 0 Å². The standard InChI is InChI=1S/C16H18O2/c17-16(18)7-6-12-8-14-9-13(12)10-15(14)11-4-2-1-3-5-11/h1-7,12-15H,8-10H2,(H,17,18)/b7-6+. The number of carboxylic acid groups (broad SMARTS) is 1. The summed E-state index contributed by atoms with van der Waals surface area (Å²) in [5, 5.41) is 8.69. The second-order valence-corrected chi connectivity index (χ2v) is 5.61. The second-order valence-electron chi connectivity index (χ2n) is 5.61. The molecule has 18 heavy (non-hydrogen) atoms. The summed E-state index contributed by atoms with van der Waals surface area (Å²) in [6.45, 7) is 0. The fourth-order valence-corrected chi connectivity index (χ4v) is 3.87. The number of aliphatic carboxylic acids is 1. The van der Waals surface area contributed by atoms with Gasteiger partial charge in [0.1, 0.15) is 0 Å². The number of hydrogen-bond donors (Lipinski definition) is 1. The third kappa shape index (κ3) is 2.07. The van der Waals surface area contributed by atoms with Gasteiger partial charge in [-0.25, -0.2) is 4.79 Å². The summed E-state index contributed by atoms with van der Waals surface area (Å²) in [5.41, 5.74) is 1.46. The van der Waals surface area contributed by atoms with Crippen molar-refractivity contribution >= 4 is 5.97 Å². The van der Waals surface area contributed by atoms with Crippen LogP contribution in [0.1, 0.15) is 30.7 Å². The van der Waals surface area contributed by atoms with Crippen molar-refractivity contribution in [1.29, 1.82) is 0 Å². The Labute approximate surface area is 107 Å². The van der Waals surface area contributed by atoms with Gasteiger partial charge in [0, 0.05) is 6.08 Å². The van der Waals surface area contributed by atoms with Crippen LogP contribution >= 0.6 is 0 Å². The monoisotopic (exact) mass is 242 g/mol. The number of fused-ring (bicyclic) bond motifs is 2. The normalized spacial score (nSPS) is 34.2. The summed E-state index contributed by atoms with van der Waals surface area (Å²) in [6.07, 6.45) is 6.89. The van der Waals surface area contributed by atoms with E-state index >= 15 is 0 Å². The molecule has 0 aliphatic heterocycles. The van der Waals surface area contributed by atoms with Crippen molar-refractivity contribution in [3.63, 3.8) is 0 Å². The highest BCUT2D eigenvalue weighted by molar-refractivity contribution is 5.79. The molecule has 4 unspecified atom stereocenters. The summed E-state index contributed by atoms with van der Waals surface area (Å²) in [4.78, 5) is 10.6. The Morgan fingerprint density at radius 2 is 1.89 bits per heavy atom. The summed E-state index contributed by atoms with van der Waals surface area (Å²) >= 11 is 0. The van der Waals surface area contributed by atoms with Crippen LogP contribution in [0.15, 0.2) is 42.5 Å². The van der Waals surface area contributed by atoms with E-state index in [1.807, 2.05) is 6.08 Å². The van der Waals surface area contributed by atoms with Crippen molar-refractivity contribution in [3.8, 4) is 0 Å². The van der Waals surface area contributed by atoms with E-state index in [9.17, 15) is 4.79 Å². The van der Waals surface area contributed by atoms with Crippen LogP contribution in [-0.2, 0) is 4.79 Å². The van der Waals surface area contributed by atoms with Gasteiger partial charge in [-0.05, 0) is 48.5 Å². The Morgan fingerprint density at radius 3 is 2.50 bits per heavy atom. The second kappa shape index (κ2) is 4.60. The maximum atomic E-state index is 10.6. The lowest BCUT2D eigenvalue weighted by molar-refractivity contribution is -0.131. The van der Waals surface area contributed by atoms with Crippen molar-refractivity contribution in [1.82, 2.24) is 0 Å². The van der Waals surface area contributed by atoms with Crippen LogP contribution in [0.2, 0.25) is 0 Å². The first-order valence-electron chi connectivity index (χ1n) is 6.70. The summed E-state index contributed by atoms with van der Waals surface area (Å²) in [6, 6.07) is 10.8. The van der Waals surface area contributed by atoms with Crippen molar-refractivity contribution in [2.75, 3.05) is 0 Å². The zero-order valence-electron chi connectivity index (χ0n) is 10.3. The van der Waals surface area contributed by atoms with E-state index in [4.69, 9.17) is 5.11 Å². The Hall–Kier alpha value is -1.57. The number of allylic oxidation sites excluding steroid dienone is 1. The third-order valence-corrected chi connectivity index (χ3v) is 4.63. The number of benzene rings is 1. The Bertz CT molecular complexity index is 463. The van der Waals surface area contributed by atoms with Gasteiger partial charge in [-0.1, -0.05) is 36.4 Å². The Kier molecular flexibility index (Phi) is 2.94. The van der Waals surface area contributed by atoms with Gasteiger partial charge in [0.2, 0.25) is 0 Å². The third-order valence-electron chi connectivity index (χ3n) is 4.63. The van der Waals surface area contributed by atoms with Gasteiger partial charge >= 0.3 is 5.97 Å². The molecule has 2 fully saturated rings. The zero-order chi connectivity index (χ0) is 12.5. The van der Waals surface area contributed by atoms with Gasteiger partial charge in [-0.2, -0.15) is 0 Å². The van der Waals surface area contributed by atoms with Crippen LogP contribution in [-0.4, -0.2) is 11.1 Å². The molecule has 1 aromatic rings. The van der Waals surface area contributed by atoms with Crippen LogP contribution in [0.5, 0.6) is 0 Å². The lowest BCUT2D eigenvalue weighted by Gasteiger charge is -2.26. The predicted octanol–water partition coefficient (Wildman–Crippen LogP) is 3.46. The smallest absolute Gasteiger partial charge is 0.327 e. The quantitative estimate of drug-likeness (QED) is 0.824. The topological polar surface area (TPSA) is 37.3 Å². The maximum Gasteiger partial charge on any atom is 0.327 e. The molecular weight excluding hydrogens is 224 g/mol. The largest absolute Gasteiger partial charge is 0.478 e. The minimum absolute atomic E-state index is 0.492. The zero-order valence-corrected chi connectivity index (χ0v) is 10.3. The molecule has 4 atom stereocenters. The van der Waals surface area contributed by atoms with E-state index in [1.165, 1.54) is 24.5 Å².